The lowest BCUT2D eigenvalue weighted by Crippen LogP contribution is -2.46. The number of aryl methyl sites for hydroxylation is 1. The molecule has 5 heteroatoms. The number of carbonyl (C=O) groups is 1. The monoisotopic (exact) mass is 447 g/mol. The molecule has 4 nitrogen and oxygen atoms in total. The van der Waals surface area contributed by atoms with Gasteiger partial charge in [0, 0.05) is 17.8 Å². The normalized spacial score (nSPS) is 27.2. The molecule has 0 bridgehead atoms. The van der Waals surface area contributed by atoms with Gasteiger partial charge in [-0.1, -0.05) is 18.2 Å². The van der Waals surface area contributed by atoms with Gasteiger partial charge in [-0.2, -0.15) is 0 Å². The van der Waals surface area contributed by atoms with Crippen LogP contribution in [0.4, 0.5) is 0 Å². The highest BCUT2D eigenvalue weighted by Gasteiger charge is 2.50. The number of ether oxygens (including phenoxy) is 1. The maximum absolute atomic E-state index is 13.0. The second-order valence-electron chi connectivity index (χ2n) is 11.7. The molecule has 3 rings (SSSR count). The van der Waals surface area contributed by atoms with Crippen molar-refractivity contribution in [3.8, 4) is 0 Å². The first kappa shape index (κ1) is 24.6. The lowest BCUT2D eigenvalue weighted by atomic mass is 9.66. The second kappa shape index (κ2) is 9.07. The third-order valence-corrected chi connectivity index (χ3v) is 8.52. The Balaban J connectivity index is 1.69. The predicted octanol–water partition coefficient (Wildman–Crippen LogP) is 5.94. The van der Waals surface area contributed by atoms with Gasteiger partial charge in [0.2, 0.25) is 0 Å². The first-order valence-corrected chi connectivity index (χ1v) is 12.9. The molecule has 1 aromatic carbocycles. The van der Waals surface area contributed by atoms with Crippen LogP contribution in [0.5, 0.6) is 0 Å². The molecule has 0 aromatic heterocycles. The zero-order chi connectivity index (χ0) is 23.0. The van der Waals surface area contributed by atoms with E-state index in [2.05, 4.69) is 29.8 Å². The van der Waals surface area contributed by atoms with E-state index in [1.165, 1.54) is 16.7 Å². The number of hydrogen-bond acceptors (Lipinski definition) is 4. The fourth-order valence-electron chi connectivity index (χ4n) is 5.21. The fraction of sp³-hybridized carbons (Fsp3) is 0.731. The number of rotatable bonds is 5. The van der Waals surface area contributed by atoms with Gasteiger partial charge in [0.15, 0.2) is 0 Å². The van der Waals surface area contributed by atoms with Crippen LogP contribution in [0.15, 0.2) is 18.2 Å². The van der Waals surface area contributed by atoms with Crippen LogP contribution < -0.4 is 4.72 Å². The van der Waals surface area contributed by atoms with Gasteiger partial charge in [0.05, 0.1) is 6.04 Å². The maximum Gasteiger partial charge on any atom is 0.306 e. The van der Waals surface area contributed by atoms with Crippen LogP contribution in [-0.4, -0.2) is 20.9 Å². The van der Waals surface area contributed by atoms with Crippen molar-refractivity contribution >= 4 is 17.3 Å². The van der Waals surface area contributed by atoms with Crippen molar-refractivity contribution in [2.24, 2.45) is 11.3 Å². The molecule has 0 heterocycles. The quantitative estimate of drug-likeness (QED) is 0.448. The number of esters is 1. The Morgan fingerprint density at radius 1 is 1.19 bits per heavy atom. The fourth-order valence-corrected chi connectivity index (χ4v) is 6.16. The molecule has 2 aliphatic rings. The number of fused-ring (bicyclic) bond motifs is 1. The Bertz CT molecular complexity index is 785. The molecule has 2 aliphatic carbocycles. The minimum Gasteiger partial charge on any atom is -0.598 e. The lowest BCUT2D eigenvalue weighted by Gasteiger charge is -2.42. The summed E-state index contributed by atoms with van der Waals surface area (Å²) in [6, 6.07) is 6.69. The molecule has 31 heavy (non-hydrogen) atoms. The van der Waals surface area contributed by atoms with Gasteiger partial charge in [-0.25, -0.2) is 0 Å². The SMILES string of the molecule is Cc1cccc2c1CC1(CCC(CCC(=O)OC(C)(C)C)CC1)[C@H]2N[S@+]([O-])C(C)(C)C. The Labute approximate surface area is 192 Å². The van der Waals surface area contributed by atoms with E-state index in [9.17, 15) is 9.35 Å². The molecule has 1 N–H and O–H groups in total. The zero-order valence-corrected chi connectivity index (χ0v) is 21.3. The van der Waals surface area contributed by atoms with Crippen LogP contribution in [-0.2, 0) is 27.3 Å². The summed E-state index contributed by atoms with van der Waals surface area (Å²) in [6.07, 6.45) is 6.93. The van der Waals surface area contributed by atoms with Crippen LogP contribution >= 0.6 is 0 Å². The van der Waals surface area contributed by atoms with Crippen LogP contribution in [0.1, 0.15) is 103 Å². The molecule has 1 aromatic rings. The number of nitrogens with one attached hydrogen (secondary N) is 1. The molecular formula is C26H41NO3S. The summed E-state index contributed by atoms with van der Waals surface area (Å²) < 4.78 is 21.8. The van der Waals surface area contributed by atoms with E-state index in [1.807, 2.05) is 41.5 Å². The molecule has 1 spiro atoms. The highest BCUT2D eigenvalue weighted by Crippen LogP contribution is 2.56. The lowest BCUT2D eigenvalue weighted by molar-refractivity contribution is -0.155. The van der Waals surface area contributed by atoms with E-state index in [-0.39, 0.29) is 22.2 Å². The summed E-state index contributed by atoms with van der Waals surface area (Å²) in [4.78, 5) is 12.1. The molecule has 0 radical (unpaired) electrons. The molecule has 0 saturated heterocycles. The minimum absolute atomic E-state index is 0.0863. The third-order valence-electron chi connectivity index (χ3n) is 6.96. The molecular weight excluding hydrogens is 406 g/mol. The van der Waals surface area contributed by atoms with Crippen molar-refractivity contribution in [3.63, 3.8) is 0 Å². The van der Waals surface area contributed by atoms with Gasteiger partial charge >= 0.3 is 5.97 Å². The van der Waals surface area contributed by atoms with E-state index in [1.54, 1.807) is 0 Å². The third kappa shape index (κ3) is 5.85. The summed E-state index contributed by atoms with van der Waals surface area (Å²) in [6.45, 7) is 14.0. The van der Waals surface area contributed by atoms with Crippen LogP contribution in [0.3, 0.4) is 0 Å². The van der Waals surface area contributed by atoms with E-state index in [4.69, 9.17) is 4.74 Å². The largest absolute Gasteiger partial charge is 0.598 e. The first-order valence-electron chi connectivity index (χ1n) is 11.8. The van der Waals surface area contributed by atoms with E-state index < -0.39 is 17.0 Å². The van der Waals surface area contributed by atoms with Crippen molar-refractivity contribution < 1.29 is 14.1 Å². The van der Waals surface area contributed by atoms with Crippen molar-refractivity contribution in [3.05, 3.63) is 34.9 Å². The van der Waals surface area contributed by atoms with Crippen molar-refractivity contribution in [1.82, 2.24) is 4.72 Å². The highest BCUT2D eigenvalue weighted by molar-refractivity contribution is 7.90. The summed E-state index contributed by atoms with van der Waals surface area (Å²) in [5.41, 5.74) is 3.83. The van der Waals surface area contributed by atoms with Crippen LogP contribution in [0.25, 0.3) is 0 Å². The highest BCUT2D eigenvalue weighted by atomic mass is 32.2. The van der Waals surface area contributed by atoms with Gasteiger partial charge in [-0.05, 0) is 115 Å². The van der Waals surface area contributed by atoms with Crippen molar-refractivity contribution in [1.29, 1.82) is 0 Å². The standard InChI is InChI=1S/C26H41NO3S/c1-18-9-8-10-20-21(18)17-26(23(20)27-31(29)25(5,6)7)15-13-19(14-16-26)11-12-22(28)30-24(2,3)4/h8-10,19,23,27H,11-17H2,1-7H3/t19?,23-,26?,31+/m0/s1. The molecule has 0 amide bonds. The van der Waals surface area contributed by atoms with Crippen molar-refractivity contribution in [2.45, 2.75) is 110 Å². The maximum atomic E-state index is 13.0. The average molecular weight is 448 g/mol. The van der Waals surface area contributed by atoms with Crippen LogP contribution in [0, 0.1) is 18.3 Å². The first-order chi connectivity index (χ1) is 14.3. The molecule has 1 fully saturated rings. The van der Waals surface area contributed by atoms with E-state index in [0.29, 0.717) is 12.3 Å². The summed E-state index contributed by atoms with van der Waals surface area (Å²) >= 11 is -1.11. The van der Waals surface area contributed by atoms with Crippen LogP contribution in [0.2, 0.25) is 0 Å². The predicted molar refractivity (Wildman–Crippen MR) is 128 cm³/mol. The average Bonchev–Trinajstić information content (AvgIpc) is 2.94. The van der Waals surface area contributed by atoms with Crippen molar-refractivity contribution in [2.75, 3.05) is 0 Å². The summed E-state index contributed by atoms with van der Waals surface area (Å²) in [7, 11) is 0. The smallest absolute Gasteiger partial charge is 0.306 e. The number of hydrogen-bond donors (Lipinski definition) is 1. The second-order valence-corrected chi connectivity index (χ2v) is 13.7. The Kier molecular flexibility index (Phi) is 7.20. The number of benzene rings is 1. The van der Waals surface area contributed by atoms with Gasteiger partial charge in [0.1, 0.15) is 10.3 Å². The molecule has 2 atom stereocenters. The molecule has 0 unspecified atom stereocenters. The van der Waals surface area contributed by atoms with Gasteiger partial charge in [-0.3, -0.25) is 4.79 Å². The topological polar surface area (TPSA) is 61.4 Å². The summed E-state index contributed by atoms with van der Waals surface area (Å²) in [5, 5.41) is 0. The Morgan fingerprint density at radius 2 is 1.84 bits per heavy atom. The summed E-state index contributed by atoms with van der Waals surface area (Å²) in [5.74, 6) is 0.480. The van der Waals surface area contributed by atoms with Gasteiger partial charge < -0.3 is 9.29 Å². The molecule has 174 valence electrons. The minimum atomic E-state index is -1.11. The Hall–Kier alpha value is -1.04. The van der Waals surface area contributed by atoms with Gasteiger partial charge in [0.25, 0.3) is 0 Å². The van der Waals surface area contributed by atoms with Gasteiger partial charge in [-0.15, -0.1) is 4.72 Å². The molecule has 0 aliphatic heterocycles. The van der Waals surface area contributed by atoms with E-state index in [0.717, 1.165) is 38.5 Å². The molecule has 1 saturated carbocycles. The van der Waals surface area contributed by atoms with E-state index >= 15 is 0 Å². The Morgan fingerprint density at radius 3 is 2.42 bits per heavy atom. The zero-order valence-electron chi connectivity index (χ0n) is 20.5. The number of carbonyl (C=O) groups excluding carboxylic acids is 1.